The molecule has 1 heterocycles. The molecule has 2 aliphatic rings. The Labute approximate surface area is 230 Å². The number of aromatic hydroxyl groups is 1. The van der Waals surface area contributed by atoms with Gasteiger partial charge in [-0.3, -0.25) is 19.7 Å². The van der Waals surface area contributed by atoms with Crippen LogP contribution in [0.1, 0.15) is 31.7 Å². The standard InChI is InChI=1S/C29H31FN2O8/c1-16(10-17-7-9-24(34)23(30)11-17)6-8-25(35)26-18(15-40-2)12-21-27(22(26)14-33)29(37)31(28(21)36)19-4-3-5-20(13-19)32(38)39/h3-5,7,9-11,13,21-22,25,27,33-35H,6,8,12,14-15H2,1-2H3/b16-10+/t21-,22+,25-,27-/m1/s1. The number of benzene rings is 2. The molecule has 10 nitrogen and oxygen atoms in total. The Balaban J connectivity index is 1.59. The molecule has 212 valence electrons. The van der Waals surface area contributed by atoms with Gasteiger partial charge in [0.15, 0.2) is 11.6 Å². The van der Waals surface area contributed by atoms with E-state index in [9.17, 15) is 39.4 Å². The number of halogens is 1. The van der Waals surface area contributed by atoms with E-state index in [2.05, 4.69) is 0 Å². The number of rotatable bonds is 10. The van der Waals surface area contributed by atoms with Gasteiger partial charge in [0, 0.05) is 25.2 Å². The number of phenols is 1. The van der Waals surface area contributed by atoms with Crippen molar-refractivity contribution in [2.24, 2.45) is 17.8 Å². The van der Waals surface area contributed by atoms with Crippen LogP contribution < -0.4 is 4.90 Å². The Morgan fingerprint density at radius 2 is 2.00 bits per heavy atom. The largest absolute Gasteiger partial charge is 0.505 e. The molecule has 2 aromatic rings. The van der Waals surface area contributed by atoms with Crippen molar-refractivity contribution in [1.82, 2.24) is 0 Å². The molecule has 0 saturated carbocycles. The summed E-state index contributed by atoms with van der Waals surface area (Å²) in [6.07, 6.45) is 1.45. The van der Waals surface area contributed by atoms with Crippen molar-refractivity contribution in [3.05, 3.63) is 80.7 Å². The lowest BCUT2D eigenvalue weighted by Gasteiger charge is -2.36. The molecular formula is C29H31FN2O8. The predicted molar refractivity (Wildman–Crippen MR) is 144 cm³/mol. The van der Waals surface area contributed by atoms with E-state index in [1.54, 1.807) is 12.1 Å². The molecule has 1 aliphatic carbocycles. The fraction of sp³-hybridized carbons (Fsp3) is 0.379. The minimum absolute atomic E-state index is 0.0807. The van der Waals surface area contributed by atoms with Crippen molar-refractivity contribution in [3.63, 3.8) is 0 Å². The van der Waals surface area contributed by atoms with Crippen molar-refractivity contribution in [1.29, 1.82) is 0 Å². The second-order valence-electron chi connectivity index (χ2n) is 10.2. The van der Waals surface area contributed by atoms with E-state index in [-0.39, 0.29) is 30.8 Å². The van der Waals surface area contributed by atoms with Crippen LogP contribution in [0.5, 0.6) is 5.75 Å². The topological polar surface area (TPSA) is 150 Å². The molecule has 1 saturated heterocycles. The minimum Gasteiger partial charge on any atom is -0.505 e. The number of hydrogen-bond donors (Lipinski definition) is 3. The number of aliphatic hydroxyl groups excluding tert-OH is 2. The number of carbonyl (C=O) groups is 2. The number of aliphatic hydroxyl groups is 2. The van der Waals surface area contributed by atoms with Crippen molar-refractivity contribution >= 4 is 29.3 Å². The molecule has 4 atom stereocenters. The maximum Gasteiger partial charge on any atom is 0.271 e. The fourth-order valence-corrected chi connectivity index (χ4v) is 5.76. The summed E-state index contributed by atoms with van der Waals surface area (Å²) < 4.78 is 19.0. The van der Waals surface area contributed by atoms with Crippen LogP contribution in [0.25, 0.3) is 6.08 Å². The first-order valence-electron chi connectivity index (χ1n) is 12.8. The van der Waals surface area contributed by atoms with Gasteiger partial charge in [0.05, 0.1) is 41.8 Å². The smallest absolute Gasteiger partial charge is 0.271 e. The third-order valence-electron chi connectivity index (χ3n) is 7.55. The summed E-state index contributed by atoms with van der Waals surface area (Å²) in [5, 5.41) is 42.4. The van der Waals surface area contributed by atoms with Crippen molar-refractivity contribution < 1.29 is 39.0 Å². The number of nitro benzene ring substituents is 1. The Bertz CT molecular complexity index is 1390. The summed E-state index contributed by atoms with van der Waals surface area (Å²) in [6.45, 7) is 1.41. The average molecular weight is 555 g/mol. The quantitative estimate of drug-likeness (QED) is 0.174. The Morgan fingerprint density at radius 1 is 1.25 bits per heavy atom. The van der Waals surface area contributed by atoms with Gasteiger partial charge in [0.1, 0.15) is 0 Å². The number of allylic oxidation sites excluding steroid dienone is 1. The maximum absolute atomic E-state index is 13.7. The number of nitrogens with zero attached hydrogens (tertiary/aromatic N) is 2. The lowest BCUT2D eigenvalue weighted by atomic mass is 9.68. The van der Waals surface area contributed by atoms with Crippen LogP contribution in [0, 0.1) is 33.7 Å². The number of phenolic OH excluding ortho intramolecular Hbond substituents is 1. The molecule has 0 aromatic heterocycles. The summed E-state index contributed by atoms with van der Waals surface area (Å²) in [5.41, 5.74) is 2.27. The van der Waals surface area contributed by atoms with E-state index >= 15 is 0 Å². The van der Waals surface area contributed by atoms with Crippen LogP contribution in [0.4, 0.5) is 15.8 Å². The third-order valence-corrected chi connectivity index (χ3v) is 7.55. The van der Waals surface area contributed by atoms with E-state index < -0.39 is 58.8 Å². The molecule has 1 aliphatic heterocycles. The third kappa shape index (κ3) is 5.67. The lowest BCUT2D eigenvalue weighted by Crippen LogP contribution is -2.39. The van der Waals surface area contributed by atoms with E-state index in [1.165, 1.54) is 37.4 Å². The zero-order valence-corrected chi connectivity index (χ0v) is 22.1. The number of imide groups is 1. The summed E-state index contributed by atoms with van der Waals surface area (Å²) in [6, 6.07) is 9.29. The number of amides is 2. The lowest BCUT2D eigenvalue weighted by molar-refractivity contribution is -0.384. The van der Waals surface area contributed by atoms with E-state index in [4.69, 9.17) is 4.74 Å². The summed E-state index contributed by atoms with van der Waals surface area (Å²) in [5.74, 6) is -4.90. The van der Waals surface area contributed by atoms with Crippen molar-refractivity contribution in [2.45, 2.75) is 32.3 Å². The van der Waals surface area contributed by atoms with E-state index in [0.29, 0.717) is 23.1 Å². The number of methoxy groups -OCH3 is 1. The van der Waals surface area contributed by atoms with Crippen LogP contribution in [-0.2, 0) is 14.3 Å². The Kier molecular flexibility index (Phi) is 8.77. The van der Waals surface area contributed by atoms with Crippen LogP contribution >= 0.6 is 0 Å². The zero-order chi connectivity index (χ0) is 29.1. The van der Waals surface area contributed by atoms with Gasteiger partial charge in [-0.05, 0) is 61.1 Å². The second kappa shape index (κ2) is 12.1. The van der Waals surface area contributed by atoms with Crippen molar-refractivity contribution in [3.8, 4) is 5.75 Å². The molecule has 2 amide bonds. The van der Waals surface area contributed by atoms with Gasteiger partial charge < -0.3 is 20.1 Å². The molecule has 2 aromatic carbocycles. The normalized spacial score (nSPS) is 22.1. The first-order chi connectivity index (χ1) is 19.1. The molecule has 0 spiro atoms. The molecule has 3 N–H and O–H groups in total. The number of ether oxygens (including phenoxy) is 1. The minimum atomic E-state index is -1.06. The van der Waals surface area contributed by atoms with E-state index in [0.717, 1.165) is 16.5 Å². The zero-order valence-electron chi connectivity index (χ0n) is 22.1. The molecule has 40 heavy (non-hydrogen) atoms. The number of carbonyl (C=O) groups excluding carboxylic acids is 2. The maximum atomic E-state index is 13.7. The number of fused-ring (bicyclic) bond motifs is 1. The van der Waals surface area contributed by atoms with Gasteiger partial charge in [-0.25, -0.2) is 9.29 Å². The highest BCUT2D eigenvalue weighted by molar-refractivity contribution is 6.22. The fourth-order valence-electron chi connectivity index (χ4n) is 5.76. The summed E-state index contributed by atoms with van der Waals surface area (Å²) in [4.78, 5) is 38.6. The molecule has 0 unspecified atom stereocenters. The molecular weight excluding hydrogens is 523 g/mol. The first-order valence-corrected chi connectivity index (χ1v) is 12.8. The molecule has 0 radical (unpaired) electrons. The number of anilines is 1. The highest BCUT2D eigenvalue weighted by atomic mass is 19.1. The summed E-state index contributed by atoms with van der Waals surface area (Å²) >= 11 is 0. The SMILES string of the molecule is COCC1=C([C@H](O)CC/C(C)=C/c2ccc(O)c(F)c2)[C@H](CO)[C@@H]2C(=O)N(c3cccc([N+](=O)[O-])c3)C(=O)[C@@H]2C1. The van der Waals surface area contributed by atoms with Gasteiger partial charge >= 0.3 is 0 Å². The predicted octanol–water partition coefficient (Wildman–Crippen LogP) is 3.74. The molecule has 11 heteroatoms. The number of nitro groups is 1. The van der Waals surface area contributed by atoms with Gasteiger partial charge in [0.2, 0.25) is 11.8 Å². The number of hydrogen-bond acceptors (Lipinski definition) is 8. The van der Waals surface area contributed by atoms with Gasteiger partial charge in [0.25, 0.3) is 5.69 Å². The van der Waals surface area contributed by atoms with Crippen LogP contribution in [0.15, 0.2) is 59.2 Å². The monoisotopic (exact) mass is 554 g/mol. The van der Waals surface area contributed by atoms with Gasteiger partial charge in [-0.2, -0.15) is 0 Å². The first kappa shape index (κ1) is 29.1. The summed E-state index contributed by atoms with van der Waals surface area (Å²) in [7, 11) is 1.47. The van der Waals surface area contributed by atoms with Crippen LogP contribution in [0.3, 0.4) is 0 Å². The van der Waals surface area contributed by atoms with Gasteiger partial charge in [-0.1, -0.05) is 23.8 Å². The highest BCUT2D eigenvalue weighted by Gasteiger charge is 2.55. The highest BCUT2D eigenvalue weighted by Crippen LogP contribution is 2.47. The van der Waals surface area contributed by atoms with Crippen LogP contribution in [0.2, 0.25) is 0 Å². The molecule has 1 fully saturated rings. The number of non-ortho nitro benzene ring substituents is 1. The second-order valence-corrected chi connectivity index (χ2v) is 10.2. The Morgan fingerprint density at radius 3 is 2.65 bits per heavy atom. The molecule has 4 rings (SSSR count). The van der Waals surface area contributed by atoms with Crippen LogP contribution in [-0.4, -0.2) is 58.5 Å². The average Bonchev–Trinajstić information content (AvgIpc) is 3.17. The van der Waals surface area contributed by atoms with Gasteiger partial charge in [-0.15, -0.1) is 0 Å². The van der Waals surface area contributed by atoms with E-state index in [1.807, 2.05) is 6.92 Å². The Hall–Kier alpha value is -3.93. The molecule has 0 bridgehead atoms. The van der Waals surface area contributed by atoms with Crippen molar-refractivity contribution in [2.75, 3.05) is 25.2 Å².